The van der Waals surface area contributed by atoms with Crippen LogP contribution < -0.4 is 5.32 Å². The smallest absolute Gasteiger partial charge is 0.326 e. The van der Waals surface area contributed by atoms with Crippen molar-refractivity contribution in [2.75, 3.05) is 0 Å². The first-order valence-electron chi connectivity index (χ1n) is 5.96. The highest BCUT2D eigenvalue weighted by Gasteiger charge is 2.36. The molecule has 0 saturated heterocycles. The van der Waals surface area contributed by atoms with Crippen LogP contribution in [-0.4, -0.2) is 44.1 Å². The van der Waals surface area contributed by atoms with Gasteiger partial charge in [0.25, 0.3) is 0 Å². The third-order valence-corrected chi connectivity index (χ3v) is 3.15. The Morgan fingerprint density at radius 3 is 3.11 bits per heavy atom. The number of amides is 2. The number of carboxylic acids is 1. The Morgan fingerprint density at radius 1 is 1.74 bits per heavy atom. The van der Waals surface area contributed by atoms with Gasteiger partial charge in [-0.15, -0.1) is 6.58 Å². The molecule has 0 fully saturated rings. The van der Waals surface area contributed by atoms with Crippen LogP contribution in [0.2, 0.25) is 0 Å². The molecular weight excluding hydrogens is 248 g/mol. The summed E-state index contributed by atoms with van der Waals surface area (Å²) in [7, 11) is 0. The van der Waals surface area contributed by atoms with Crippen molar-refractivity contribution >= 4 is 12.0 Å². The number of carbonyl (C=O) groups excluding carboxylic acids is 1. The predicted molar refractivity (Wildman–Crippen MR) is 67.4 cm³/mol. The molecule has 7 heteroatoms. The summed E-state index contributed by atoms with van der Waals surface area (Å²) in [6.45, 7) is 5.56. The predicted octanol–water partition coefficient (Wildman–Crippen LogP) is 0.505. The first-order valence-corrected chi connectivity index (χ1v) is 5.96. The molecule has 2 rings (SSSR count). The van der Waals surface area contributed by atoms with Crippen molar-refractivity contribution in [2.45, 2.75) is 32.0 Å². The van der Waals surface area contributed by atoms with E-state index in [9.17, 15) is 14.7 Å². The zero-order chi connectivity index (χ0) is 14.0. The number of fused-ring (bicyclic) bond motifs is 1. The van der Waals surface area contributed by atoms with Crippen LogP contribution in [0.4, 0.5) is 4.79 Å². The number of aromatic amines is 1. The first-order chi connectivity index (χ1) is 9.02. The van der Waals surface area contributed by atoms with Crippen molar-refractivity contribution in [3.8, 4) is 0 Å². The zero-order valence-corrected chi connectivity index (χ0v) is 10.6. The largest absolute Gasteiger partial charge is 0.480 e. The minimum Gasteiger partial charge on any atom is -0.480 e. The number of nitrogens with one attached hydrogen (secondary N) is 2. The SMILES string of the molecule is C=CC(C)NC(=O)N1Cc2[nH]cnc2CC1C(=O)O. The van der Waals surface area contributed by atoms with Crippen LogP contribution in [-0.2, 0) is 17.8 Å². The number of aliphatic carboxylic acids is 1. The second-order valence-corrected chi connectivity index (χ2v) is 4.49. The standard InChI is InChI=1S/C12H16N4O3/c1-3-7(2)15-12(19)16-5-9-8(13-6-14-9)4-10(16)11(17)18/h3,6-7,10H,1,4-5H2,2H3,(H,13,14)(H,15,19)(H,17,18). The lowest BCUT2D eigenvalue weighted by atomic mass is 10.0. The average molecular weight is 264 g/mol. The van der Waals surface area contributed by atoms with E-state index in [4.69, 9.17) is 0 Å². The van der Waals surface area contributed by atoms with Crippen molar-refractivity contribution in [1.29, 1.82) is 0 Å². The van der Waals surface area contributed by atoms with E-state index >= 15 is 0 Å². The summed E-state index contributed by atoms with van der Waals surface area (Å²) in [5.74, 6) is -1.03. The lowest BCUT2D eigenvalue weighted by Crippen LogP contribution is -2.53. The Kier molecular flexibility index (Phi) is 3.55. The van der Waals surface area contributed by atoms with Crippen LogP contribution in [0.5, 0.6) is 0 Å². The molecule has 0 radical (unpaired) electrons. The van der Waals surface area contributed by atoms with Gasteiger partial charge in [0, 0.05) is 12.5 Å². The molecule has 2 heterocycles. The fraction of sp³-hybridized carbons (Fsp3) is 0.417. The van der Waals surface area contributed by atoms with Crippen molar-refractivity contribution < 1.29 is 14.7 Å². The molecule has 7 nitrogen and oxygen atoms in total. The second kappa shape index (κ2) is 5.13. The van der Waals surface area contributed by atoms with Gasteiger partial charge in [0.15, 0.2) is 0 Å². The third kappa shape index (κ3) is 2.59. The number of H-pyrrole nitrogens is 1. The second-order valence-electron chi connectivity index (χ2n) is 4.49. The Morgan fingerprint density at radius 2 is 2.47 bits per heavy atom. The minimum absolute atomic E-state index is 0.210. The van der Waals surface area contributed by atoms with E-state index in [1.165, 1.54) is 11.2 Å². The highest BCUT2D eigenvalue weighted by molar-refractivity contribution is 5.83. The maximum atomic E-state index is 12.1. The van der Waals surface area contributed by atoms with E-state index in [1.54, 1.807) is 13.0 Å². The fourth-order valence-electron chi connectivity index (χ4n) is 2.01. The minimum atomic E-state index is -1.03. The van der Waals surface area contributed by atoms with Gasteiger partial charge < -0.3 is 20.3 Å². The average Bonchev–Trinajstić information content (AvgIpc) is 2.83. The van der Waals surface area contributed by atoms with Crippen molar-refractivity contribution in [2.24, 2.45) is 0 Å². The number of hydrogen-bond donors (Lipinski definition) is 3. The number of nitrogens with zero attached hydrogens (tertiary/aromatic N) is 2. The van der Waals surface area contributed by atoms with Crippen LogP contribution in [0, 0.1) is 0 Å². The van der Waals surface area contributed by atoms with Crippen molar-refractivity contribution in [3.63, 3.8) is 0 Å². The van der Waals surface area contributed by atoms with Gasteiger partial charge in [0.1, 0.15) is 6.04 Å². The summed E-state index contributed by atoms with van der Waals surface area (Å²) in [6.07, 6.45) is 3.31. The highest BCUT2D eigenvalue weighted by Crippen LogP contribution is 2.20. The quantitative estimate of drug-likeness (QED) is 0.692. The number of urea groups is 1. The molecule has 0 spiro atoms. The molecule has 0 saturated carbocycles. The molecule has 102 valence electrons. The van der Waals surface area contributed by atoms with E-state index in [0.29, 0.717) is 5.69 Å². The topological polar surface area (TPSA) is 98.3 Å². The number of carbonyl (C=O) groups is 2. The molecular formula is C12H16N4O3. The maximum Gasteiger partial charge on any atom is 0.326 e. The summed E-state index contributed by atoms with van der Waals surface area (Å²) in [5, 5.41) is 11.9. The van der Waals surface area contributed by atoms with Crippen LogP contribution in [0.3, 0.4) is 0 Å². The number of imidazole rings is 1. The summed E-state index contributed by atoms with van der Waals surface area (Å²) >= 11 is 0. The zero-order valence-electron chi connectivity index (χ0n) is 10.6. The van der Waals surface area contributed by atoms with E-state index < -0.39 is 18.0 Å². The van der Waals surface area contributed by atoms with E-state index in [0.717, 1.165) is 5.69 Å². The van der Waals surface area contributed by atoms with Crippen LogP contribution >= 0.6 is 0 Å². The molecule has 0 aliphatic carbocycles. The normalized spacial score (nSPS) is 19.4. The first kappa shape index (κ1) is 13.1. The number of carboxylic acid groups (broad SMARTS) is 1. The summed E-state index contributed by atoms with van der Waals surface area (Å²) in [4.78, 5) is 31.6. The van der Waals surface area contributed by atoms with Gasteiger partial charge in [-0.2, -0.15) is 0 Å². The molecule has 0 bridgehead atoms. The molecule has 1 aliphatic heterocycles. The Balaban J connectivity index is 2.20. The molecule has 0 aromatic carbocycles. The lowest BCUT2D eigenvalue weighted by molar-refractivity contribution is -0.142. The maximum absolute atomic E-state index is 12.1. The monoisotopic (exact) mass is 264 g/mol. The third-order valence-electron chi connectivity index (χ3n) is 3.15. The van der Waals surface area contributed by atoms with Crippen LogP contribution in [0.15, 0.2) is 19.0 Å². The Hall–Kier alpha value is -2.31. The van der Waals surface area contributed by atoms with Crippen molar-refractivity contribution in [3.05, 3.63) is 30.4 Å². The molecule has 1 aliphatic rings. The molecule has 1 aromatic rings. The Labute approximate surface area is 110 Å². The van der Waals surface area contributed by atoms with Crippen LogP contribution in [0.1, 0.15) is 18.3 Å². The van der Waals surface area contributed by atoms with Gasteiger partial charge in [0.2, 0.25) is 0 Å². The summed E-state index contributed by atoms with van der Waals surface area (Å²) < 4.78 is 0. The lowest BCUT2D eigenvalue weighted by Gasteiger charge is -2.32. The van der Waals surface area contributed by atoms with Gasteiger partial charge in [-0.05, 0) is 6.92 Å². The van der Waals surface area contributed by atoms with E-state index in [2.05, 4.69) is 21.9 Å². The molecule has 2 unspecified atom stereocenters. The molecule has 3 N–H and O–H groups in total. The summed E-state index contributed by atoms with van der Waals surface area (Å²) in [6, 6.07) is -1.53. The van der Waals surface area contributed by atoms with Gasteiger partial charge >= 0.3 is 12.0 Å². The van der Waals surface area contributed by atoms with E-state index in [-0.39, 0.29) is 19.0 Å². The van der Waals surface area contributed by atoms with Gasteiger partial charge in [-0.1, -0.05) is 6.08 Å². The number of rotatable bonds is 3. The van der Waals surface area contributed by atoms with Crippen LogP contribution in [0.25, 0.3) is 0 Å². The molecule has 2 atom stereocenters. The Bertz CT molecular complexity index is 511. The fourth-order valence-corrected chi connectivity index (χ4v) is 2.01. The van der Waals surface area contributed by atoms with Crippen molar-refractivity contribution in [1.82, 2.24) is 20.2 Å². The number of aromatic nitrogens is 2. The molecule has 2 amide bonds. The number of hydrogen-bond acceptors (Lipinski definition) is 3. The molecule has 1 aromatic heterocycles. The molecule has 19 heavy (non-hydrogen) atoms. The van der Waals surface area contributed by atoms with Gasteiger partial charge in [-0.3, -0.25) is 0 Å². The highest BCUT2D eigenvalue weighted by atomic mass is 16.4. The summed E-state index contributed by atoms with van der Waals surface area (Å²) in [5.41, 5.74) is 1.48. The van der Waals surface area contributed by atoms with E-state index in [1.807, 2.05) is 0 Å². The van der Waals surface area contributed by atoms with Gasteiger partial charge in [0.05, 0.1) is 24.3 Å². The van der Waals surface area contributed by atoms with Gasteiger partial charge in [-0.25, -0.2) is 14.6 Å².